The van der Waals surface area contributed by atoms with Gasteiger partial charge in [0.15, 0.2) is 11.5 Å². The molecule has 5 aromatic rings. The summed E-state index contributed by atoms with van der Waals surface area (Å²) in [6.45, 7) is 0. The van der Waals surface area contributed by atoms with Crippen molar-refractivity contribution in [2.24, 2.45) is 0 Å². The molecule has 26 heavy (non-hydrogen) atoms. The first-order valence-electron chi connectivity index (χ1n) is 8.06. The van der Waals surface area contributed by atoms with Crippen molar-refractivity contribution in [1.29, 1.82) is 0 Å². The predicted octanol–water partition coefficient (Wildman–Crippen LogP) is 4.33. The normalized spacial score (nSPS) is 11.2. The number of nitrogens with two attached hydrogens (primary N) is 1. The molecule has 6 nitrogen and oxygen atoms in total. The summed E-state index contributed by atoms with van der Waals surface area (Å²) >= 11 is 1.61. The van der Waals surface area contributed by atoms with Crippen molar-refractivity contribution in [2.75, 3.05) is 11.1 Å². The Morgan fingerprint density at radius 2 is 2.04 bits per heavy atom. The molecule has 3 N–H and O–H groups in total. The Hall–Kier alpha value is -3.45. The molecule has 126 valence electrons. The second-order valence-electron chi connectivity index (χ2n) is 5.92. The third-order valence-corrected chi connectivity index (χ3v) is 4.94. The quantitative estimate of drug-likeness (QED) is 0.469. The van der Waals surface area contributed by atoms with Crippen molar-refractivity contribution in [3.63, 3.8) is 0 Å². The van der Waals surface area contributed by atoms with Crippen molar-refractivity contribution in [2.45, 2.75) is 0 Å². The number of nitrogens with zero attached hydrogens (tertiary/aromatic N) is 4. The monoisotopic (exact) mass is 358 g/mol. The molecule has 0 saturated carbocycles. The molecule has 0 unspecified atom stereocenters. The van der Waals surface area contributed by atoms with E-state index in [1.54, 1.807) is 17.5 Å². The zero-order valence-corrected chi connectivity index (χ0v) is 14.4. The summed E-state index contributed by atoms with van der Waals surface area (Å²) < 4.78 is 3.08. The molecule has 0 amide bonds. The largest absolute Gasteiger partial charge is 0.399 e. The van der Waals surface area contributed by atoms with Crippen LogP contribution in [-0.4, -0.2) is 19.4 Å². The molecule has 0 aliphatic heterocycles. The van der Waals surface area contributed by atoms with Gasteiger partial charge in [-0.2, -0.15) is 0 Å². The molecule has 0 atom stereocenters. The van der Waals surface area contributed by atoms with E-state index in [1.807, 2.05) is 58.7 Å². The molecule has 5 rings (SSSR count). The van der Waals surface area contributed by atoms with Gasteiger partial charge in [-0.15, -0.1) is 11.3 Å². The minimum Gasteiger partial charge on any atom is -0.399 e. The molecule has 0 aliphatic carbocycles. The lowest BCUT2D eigenvalue weighted by Gasteiger charge is -2.10. The fraction of sp³-hybridized carbons (Fsp3) is 0. The van der Waals surface area contributed by atoms with E-state index in [2.05, 4.69) is 21.4 Å². The molecule has 0 spiro atoms. The van der Waals surface area contributed by atoms with Crippen molar-refractivity contribution < 1.29 is 0 Å². The Morgan fingerprint density at radius 1 is 1.08 bits per heavy atom. The summed E-state index contributed by atoms with van der Waals surface area (Å²) in [4.78, 5) is 13.5. The van der Waals surface area contributed by atoms with Crippen LogP contribution < -0.4 is 11.1 Å². The molecule has 2 aromatic carbocycles. The van der Waals surface area contributed by atoms with Crippen LogP contribution in [0.5, 0.6) is 0 Å². The summed E-state index contributed by atoms with van der Waals surface area (Å²) in [7, 11) is 0. The van der Waals surface area contributed by atoms with Gasteiger partial charge in [-0.25, -0.2) is 15.0 Å². The number of benzene rings is 2. The van der Waals surface area contributed by atoms with Gasteiger partial charge in [-0.1, -0.05) is 12.1 Å². The fourth-order valence-corrected chi connectivity index (χ4v) is 3.64. The molecule has 7 heteroatoms. The van der Waals surface area contributed by atoms with Crippen molar-refractivity contribution in [3.8, 4) is 11.3 Å². The van der Waals surface area contributed by atoms with Gasteiger partial charge >= 0.3 is 0 Å². The average molecular weight is 358 g/mol. The lowest BCUT2D eigenvalue weighted by Crippen LogP contribution is -2.00. The van der Waals surface area contributed by atoms with E-state index in [1.165, 1.54) is 0 Å². The van der Waals surface area contributed by atoms with Gasteiger partial charge in [0, 0.05) is 35.5 Å². The zero-order valence-electron chi connectivity index (χ0n) is 13.6. The second kappa shape index (κ2) is 5.82. The van der Waals surface area contributed by atoms with E-state index < -0.39 is 0 Å². The highest BCUT2D eigenvalue weighted by Gasteiger charge is 2.10. The first-order chi connectivity index (χ1) is 12.8. The maximum atomic E-state index is 5.93. The van der Waals surface area contributed by atoms with Crippen LogP contribution in [0.2, 0.25) is 0 Å². The molecule has 0 saturated heterocycles. The van der Waals surface area contributed by atoms with Crippen LogP contribution in [0.25, 0.3) is 27.1 Å². The van der Waals surface area contributed by atoms with Gasteiger partial charge in [-0.3, -0.25) is 0 Å². The summed E-state index contributed by atoms with van der Waals surface area (Å²) in [5.41, 5.74) is 13.0. The Bertz CT molecular complexity index is 1240. The smallest absolute Gasteiger partial charge is 0.180 e. The molecule has 3 heterocycles. The van der Waals surface area contributed by atoms with Crippen LogP contribution in [0.4, 0.5) is 17.2 Å². The van der Waals surface area contributed by atoms with E-state index in [9.17, 15) is 0 Å². The van der Waals surface area contributed by atoms with Crippen molar-refractivity contribution in [3.05, 3.63) is 66.6 Å². The molecule has 0 aliphatic rings. The number of aromatic nitrogens is 4. The Kier molecular flexibility index (Phi) is 3.32. The lowest BCUT2D eigenvalue weighted by molar-refractivity contribution is 1.13. The van der Waals surface area contributed by atoms with Gasteiger partial charge in [-0.05, 0) is 30.3 Å². The highest BCUT2D eigenvalue weighted by Crippen LogP contribution is 2.27. The minimum absolute atomic E-state index is 0.693. The number of nitrogens with one attached hydrogen (secondary N) is 1. The van der Waals surface area contributed by atoms with E-state index in [4.69, 9.17) is 10.7 Å². The molecule has 0 fully saturated rings. The minimum atomic E-state index is 0.693. The number of hydrogen-bond acceptors (Lipinski definition) is 6. The van der Waals surface area contributed by atoms with Crippen LogP contribution in [0, 0.1) is 0 Å². The molecule has 0 radical (unpaired) electrons. The Morgan fingerprint density at radius 3 is 2.96 bits per heavy atom. The topological polar surface area (TPSA) is 81.1 Å². The van der Waals surface area contributed by atoms with Crippen LogP contribution >= 0.6 is 11.3 Å². The number of thiazole rings is 1. The lowest BCUT2D eigenvalue weighted by atomic mass is 10.1. The highest BCUT2D eigenvalue weighted by atomic mass is 32.1. The first kappa shape index (κ1) is 14.9. The van der Waals surface area contributed by atoms with Gasteiger partial charge in [0.1, 0.15) is 0 Å². The van der Waals surface area contributed by atoms with Crippen molar-refractivity contribution in [1.82, 2.24) is 19.4 Å². The molecule has 3 aromatic heterocycles. The predicted molar refractivity (Wildman–Crippen MR) is 106 cm³/mol. The number of anilines is 3. The number of fused-ring (bicyclic) bond motifs is 2. The van der Waals surface area contributed by atoms with Crippen LogP contribution in [-0.2, 0) is 0 Å². The van der Waals surface area contributed by atoms with E-state index in [0.717, 1.165) is 32.8 Å². The average Bonchev–Trinajstić information content (AvgIpc) is 3.30. The van der Waals surface area contributed by atoms with E-state index in [-0.39, 0.29) is 0 Å². The Balaban J connectivity index is 1.62. The molecular weight excluding hydrogens is 344 g/mol. The second-order valence-corrected chi connectivity index (χ2v) is 6.80. The number of imidazole rings is 1. The summed E-state index contributed by atoms with van der Waals surface area (Å²) in [6, 6.07) is 13.8. The summed E-state index contributed by atoms with van der Waals surface area (Å²) in [6.07, 6.45) is 5.62. The number of hydrogen-bond donors (Lipinski definition) is 2. The zero-order chi connectivity index (χ0) is 17.5. The fourth-order valence-electron chi connectivity index (χ4n) is 2.92. The summed E-state index contributed by atoms with van der Waals surface area (Å²) in [5, 5.41) is 3.39. The third-order valence-electron chi connectivity index (χ3n) is 4.15. The van der Waals surface area contributed by atoms with Gasteiger partial charge in [0.05, 0.1) is 21.4 Å². The Labute approximate surface area is 153 Å². The number of nitrogen functional groups attached to an aromatic ring is 1. The van der Waals surface area contributed by atoms with Gasteiger partial charge in [0.2, 0.25) is 0 Å². The summed E-state index contributed by atoms with van der Waals surface area (Å²) in [5.74, 6) is 0.693. The van der Waals surface area contributed by atoms with Crippen LogP contribution in [0.3, 0.4) is 0 Å². The van der Waals surface area contributed by atoms with Crippen LogP contribution in [0.1, 0.15) is 0 Å². The van der Waals surface area contributed by atoms with E-state index >= 15 is 0 Å². The van der Waals surface area contributed by atoms with Gasteiger partial charge < -0.3 is 15.5 Å². The van der Waals surface area contributed by atoms with E-state index in [0.29, 0.717) is 11.5 Å². The number of rotatable bonds is 3. The maximum Gasteiger partial charge on any atom is 0.180 e. The standard InChI is InChI=1S/C19H14N6S/c20-13-3-1-2-12(8-13)16-10-25-7-6-21-19(25)18(24-16)23-14-4-5-15-17(9-14)26-11-22-15/h1-11H,20H2,(H,23,24). The first-order valence-corrected chi connectivity index (χ1v) is 8.94. The molecular formula is C19H14N6S. The highest BCUT2D eigenvalue weighted by molar-refractivity contribution is 7.16. The van der Waals surface area contributed by atoms with Crippen LogP contribution in [0.15, 0.2) is 66.6 Å². The van der Waals surface area contributed by atoms with Gasteiger partial charge in [0.25, 0.3) is 0 Å². The molecule has 0 bridgehead atoms. The SMILES string of the molecule is Nc1cccc(-c2cn3ccnc3c(Nc3ccc4ncsc4c3)n2)c1. The maximum absolute atomic E-state index is 5.93. The third kappa shape index (κ3) is 2.55. The van der Waals surface area contributed by atoms with Crippen molar-refractivity contribution >= 4 is 44.4 Å².